The molecule has 0 fully saturated rings. The van der Waals surface area contributed by atoms with Gasteiger partial charge in [-0.25, -0.2) is 4.98 Å². The maximum Gasteiger partial charge on any atom is 0.226 e. The Balaban J connectivity index is 2.56. The highest BCUT2D eigenvalue weighted by atomic mass is 16.5. The number of nitrogens with zero attached hydrogens (tertiary/aromatic N) is 1. The van der Waals surface area contributed by atoms with Gasteiger partial charge in [0.25, 0.3) is 0 Å². The smallest absolute Gasteiger partial charge is 0.226 e. The molecule has 1 aromatic heterocycles. The molecule has 0 saturated heterocycles. The number of ether oxygens (including phenoxy) is 1. The van der Waals surface area contributed by atoms with Gasteiger partial charge in [-0.3, -0.25) is 4.79 Å². The highest BCUT2D eigenvalue weighted by Crippen LogP contribution is 2.24. The Hall–Kier alpha value is -2.34. The second-order valence-electron chi connectivity index (χ2n) is 4.45. The van der Waals surface area contributed by atoms with Crippen LogP contribution in [0.15, 0.2) is 30.3 Å². The summed E-state index contributed by atoms with van der Waals surface area (Å²) in [4.78, 5) is 15.4. The van der Waals surface area contributed by atoms with Gasteiger partial charge in [-0.2, -0.15) is 0 Å². The first-order chi connectivity index (χ1) is 8.55. The third-order valence-electron chi connectivity index (χ3n) is 2.54. The van der Waals surface area contributed by atoms with Crippen LogP contribution in [-0.2, 0) is 0 Å². The molecule has 0 N–H and O–H groups in total. The summed E-state index contributed by atoms with van der Waals surface area (Å²) in [6.45, 7) is 3.50. The monoisotopic (exact) mass is 239 g/mol. The van der Waals surface area contributed by atoms with Gasteiger partial charge < -0.3 is 4.74 Å². The largest absolute Gasteiger partial charge is 0.458 e. The number of hydrogen-bond acceptors (Lipinski definition) is 3. The molecule has 2 rings (SSSR count). The van der Waals surface area contributed by atoms with Crippen LogP contribution in [0.1, 0.15) is 24.2 Å². The van der Waals surface area contributed by atoms with Crippen molar-refractivity contribution in [2.45, 2.75) is 19.4 Å². The van der Waals surface area contributed by atoms with Crippen molar-refractivity contribution in [3.05, 3.63) is 35.9 Å². The Labute approximate surface area is 106 Å². The zero-order valence-corrected chi connectivity index (χ0v) is 10.3. The van der Waals surface area contributed by atoms with Crippen LogP contribution in [0.25, 0.3) is 10.9 Å². The van der Waals surface area contributed by atoms with Crippen molar-refractivity contribution in [2.24, 2.45) is 0 Å². The summed E-state index contributed by atoms with van der Waals surface area (Å²) in [5.41, 5.74) is 0.371. The minimum atomic E-state index is -0.798. The van der Waals surface area contributed by atoms with Gasteiger partial charge >= 0.3 is 0 Å². The second-order valence-corrected chi connectivity index (χ2v) is 4.45. The number of pyridine rings is 1. The van der Waals surface area contributed by atoms with Crippen molar-refractivity contribution < 1.29 is 9.53 Å². The molecule has 90 valence electrons. The fraction of sp³-hybridized carbons (Fsp3) is 0.200. The highest BCUT2D eigenvalue weighted by Gasteiger charge is 2.19. The van der Waals surface area contributed by atoms with Crippen LogP contribution in [0.4, 0.5) is 0 Å². The highest BCUT2D eigenvalue weighted by molar-refractivity contribution is 5.88. The lowest BCUT2D eigenvalue weighted by molar-refractivity contribution is 0.111. The predicted molar refractivity (Wildman–Crippen MR) is 70.7 cm³/mol. The molecular formula is C15H13NO2. The number of carbonyl (C=O) groups excluding carboxylic acids is 1. The van der Waals surface area contributed by atoms with Gasteiger partial charge in [0, 0.05) is 5.39 Å². The molecule has 0 aliphatic rings. The van der Waals surface area contributed by atoms with Crippen molar-refractivity contribution >= 4 is 17.2 Å². The maximum absolute atomic E-state index is 11.1. The minimum absolute atomic E-state index is 0.270. The van der Waals surface area contributed by atoms with E-state index in [4.69, 9.17) is 11.2 Å². The van der Waals surface area contributed by atoms with Crippen LogP contribution in [0.2, 0.25) is 0 Å². The summed E-state index contributed by atoms with van der Waals surface area (Å²) in [5, 5.41) is 0.894. The van der Waals surface area contributed by atoms with Crippen LogP contribution in [-0.4, -0.2) is 16.9 Å². The topological polar surface area (TPSA) is 39.2 Å². The van der Waals surface area contributed by atoms with Gasteiger partial charge in [0.05, 0.1) is 11.1 Å². The molecular weight excluding hydrogens is 226 g/mol. The number of para-hydroxylation sites is 1. The van der Waals surface area contributed by atoms with Crippen molar-refractivity contribution in [2.75, 3.05) is 0 Å². The zero-order chi connectivity index (χ0) is 13.2. The standard InChI is InChI=1S/C15H13NO2/c1-4-15(2,3)18-14-12(10-17)9-11-7-5-6-8-13(11)16-14/h1,5-10H,2-3H3. The summed E-state index contributed by atoms with van der Waals surface area (Å²) >= 11 is 0. The molecule has 0 bridgehead atoms. The van der Waals surface area contributed by atoms with Crippen LogP contribution >= 0.6 is 0 Å². The number of fused-ring (bicyclic) bond motifs is 1. The molecule has 0 atom stereocenters. The first-order valence-electron chi connectivity index (χ1n) is 5.57. The molecule has 0 radical (unpaired) electrons. The molecule has 3 nitrogen and oxygen atoms in total. The average molecular weight is 239 g/mol. The van der Waals surface area contributed by atoms with Crippen molar-refractivity contribution in [1.29, 1.82) is 0 Å². The Bertz CT molecular complexity index is 638. The number of terminal acetylenes is 1. The van der Waals surface area contributed by atoms with E-state index in [1.165, 1.54) is 0 Å². The average Bonchev–Trinajstić information content (AvgIpc) is 2.37. The quantitative estimate of drug-likeness (QED) is 0.610. The second kappa shape index (κ2) is 4.50. The lowest BCUT2D eigenvalue weighted by Gasteiger charge is -2.20. The third kappa shape index (κ3) is 2.33. The molecule has 0 aliphatic heterocycles. The van der Waals surface area contributed by atoms with E-state index in [1.54, 1.807) is 19.9 Å². The molecule has 18 heavy (non-hydrogen) atoms. The molecule has 3 heteroatoms. The molecule has 1 heterocycles. The lowest BCUT2D eigenvalue weighted by atomic mass is 10.1. The van der Waals surface area contributed by atoms with E-state index in [0.29, 0.717) is 5.56 Å². The van der Waals surface area contributed by atoms with Gasteiger partial charge in [-0.1, -0.05) is 24.1 Å². The predicted octanol–water partition coefficient (Wildman–Crippen LogP) is 2.84. The molecule has 2 aromatic rings. The van der Waals surface area contributed by atoms with Crippen molar-refractivity contribution in [3.8, 4) is 18.2 Å². The molecule has 0 saturated carbocycles. The summed E-state index contributed by atoms with van der Waals surface area (Å²) in [6, 6.07) is 9.28. The fourth-order valence-electron chi connectivity index (χ4n) is 1.55. The van der Waals surface area contributed by atoms with Crippen LogP contribution in [0, 0.1) is 12.3 Å². The van der Waals surface area contributed by atoms with E-state index < -0.39 is 5.60 Å². The summed E-state index contributed by atoms with van der Waals surface area (Å²) in [7, 11) is 0. The number of rotatable bonds is 3. The van der Waals surface area contributed by atoms with Crippen LogP contribution in [0.3, 0.4) is 0 Å². The fourth-order valence-corrected chi connectivity index (χ4v) is 1.55. The molecule has 0 aliphatic carbocycles. The Morgan fingerprint density at radius 1 is 1.39 bits per heavy atom. The summed E-state index contributed by atoms with van der Waals surface area (Å²) < 4.78 is 5.60. The van der Waals surface area contributed by atoms with E-state index in [-0.39, 0.29) is 5.88 Å². The normalized spacial score (nSPS) is 10.9. The van der Waals surface area contributed by atoms with Gasteiger partial charge in [-0.15, -0.1) is 6.42 Å². The van der Waals surface area contributed by atoms with E-state index >= 15 is 0 Å². The van der Waals surface area contributed by atoms with E-state index in [2.05, 4.69) is 10.9 Å². The van der Waals surface area contributed by atoms with Crippen LogP contribution in [0.5, 0.6) is 5.88 Å². The van der Waals surface area contributed by atoms with E-state index in [0.717, 1.165) is 17.2 Å². The zero-order valence-electron chi connectivity index (χ0n) is 10.3. The number of aldehydes is 1. The SMILES string of the molecule is C#CC(C)(C)Oc1nc2ccccc2cc1C=O. The minimum Gasteiger partial charge on any atom is -0.458 e. The van der Waals surface area contributed by atoms with Gasteiger partial charge in [0.15, 0.2) is 11.9 Å². The number of aromatic nitrogens is 1. The number of carbonyl (C=O) groups is 1. The van der Waals surface area contributed by atoms with E-state index in [9.17, 15) is 4.79 Å². The first-order valence-corrected chi connectivity index (χ1v) is 5.57. The third-order valence-corrected chi connectivity index (χ3v) is 2.54. The van der Waals surface area contributed by atoms with Gasteiger partial charge in [-0.05, 0) is 26.0 Å². The maximum atomic E-state index is 11.1. The molecule has 0 amide bonds. The van der Waals surface area contributed by atoms with Gasteiger partial charge in [0.2, 0.25) is 5.88 Å². The van der Waals surface area contributed by atoms with E-state index in [1.807, 2.05) is 24.3 Å². The molecule has 0 spiro atoms. The molecule has 0 unspecified atom stereocenters. The summed E-state index contributed by atoms with van der Waals surface area (Å²) in [6.07, 6.45) is 6.09. The Kier molecular flexibility index (Phi) is 3.03. The van der Waals surface area contributed by atoms with Gasteiger partial charge in [0.1, 0.15) is 0 Å². The lowest BCUT2D eigenvalue weighted by Crippen LogP contribution is -2.26. The van der Waals surface area contributed by atoms with Crippen LogP contribution < -0.4 is 4.74 Å². The van der Waals surface area contributed by atoms with Crippen molar-refractivity contribution in [1.82, 2.24) is 4.98 Å². The molecule has 1 aromatic carbocycles. The number of hydrogen-bond donors (Lipinski definition) is 0. The Morgan fingerprint density at radius 2 is 2.11 bits per heavy atom. The van der Waals surface area contributed by atoms with Crippen molar-refractivity contribution in [3.63, 3.8) is 0 Å². The first kappa shape index (κ1) is 12.1. The Morgan fingerprint density at radius 3 is 2.78 bits per heavy atom. The number of benzene rings is 1. The summed E-state index contributed by atoms with van der Waals surface area (Å²) in [5.74, 6) is 2.78.